The third-order valence-corrected chi connectivity index (χ3v) is 4.59. The molecule has 136 valence electrons. The molecule has 1 heterocycles. The number of nitrogens with zero attached hydrogens (tertiary/aromatic N) is 1. The van der Waals surface area contributed by atoms with Gasteiger partial charge in [0.25, 0.3) is 0 Å². The molecule has 1 unspecified atom stereocenters. The molecular weight excluding hydrogens is 336 g/mol. The molecule has 1 amide bonds. The largest absolute Gasteiger partial charge is 0.320 e. The molecule has 2 rings (SSSR count). The number of amides is 1. The van der Waals surface area contributed by atoms with Crippen LogP contribution < -0.4 is 10.6 Å². The summed E-state index contributed by atoms with van der Waals surface area (Å²) in [6.07, 6.45) is 3.24. The summed E-state index contributed by atoms with van der Waals surface area (Å²) in [5.41, 5.74) is -0.367. The molecule has 1 aromatic carbocycles. The lowest BCUT2D eigenvalue weighted by atomic mass is 9.93. The Labute approximate surface area is 148 Å². The van der Waals surface area contributed by atoms with Crippen molar-refractivity contribution < 1.29 is 13.6 Å². The second kappa shape index (κ2) is 9.91. The van der Waals surface area contributed by atoms with E-state index in [-0.39, 0.29) is 24.0 Å². The maximum Gasteiger partial charge on any atom is 0.241 e. The first-order valence-corrected chi connectivity index (χ1v) is 8.16. The first-order chi connectivity index (χ1) is 11.0. The zero-order valence-corrected chi connectivity index (χ0v) is 15.0. The number of carbonyl (C=O) groups is 1. The molecule has 0 radical (unpaired) electrons. The SMILES string of the molecule is CNCCC1CCN(C(C)C(=O)Nc2c(F)cccc2F)CC1.Cl. The number of nitrogens with one attached hydrogen (secondary N) is 2. The topological polar surface area (TPSA) is 44.4 Å². The van der Waals surface area contributed by atoms with E-state index in [1.54, 1.807) is 6.92 Å². The van der Waals surface area contributed by atoms with Crippen molar-refractivity contribution in [3.8, 4) is 0 Å². The molecule has 24 heavy (non-hydrogen) atoms. The van der Waals surface area contributed by atoms with Gasteiger partial charge in [0, 0.05) is 0 Å². The average Bonchev–Trinajstić information content (AvgIpc) is 2.56. The number of piperidine rings is 1. The summed E-state index contributed by atoms with van der Waals surface area (Å²) in [7, 11) is 1.95. The Morgan fingerprint density at radius 1 is 1.29 bits per heavy atom. The van der Waals surface area contributed by atoms with Crippen LogP contribution >= 0.6 is 12.4 Å². The van der Waals surface area contributed by atoms with Crippen LogP contribution in [0.25, 0.3) is 0 Å². The van der Waals surface area contributed by atoms with Crippen molar-refractivity contribution in [2.24, 2.45) is 5.92 Å². The number of benzene rings is 1. The van der Waals surface area contributed by atoms with E-state index in [0.29, 0.717) is 5.92 Å². The summed E-state index contributed by atoms with van der Waals surface area (Å²) < 4.78 is 27.2. The number of hydrogen-bond donors (Lipinski definition) is 2. The molecule has 7 heteroatoms. The highest BCUT2D eigenvalue weighted by Gasteiger charge is 2.27. The fourth-order valence-electron chi connectivity index (χ4n) is 2.99. The molecule has 0 aromatic heterocycles. The predicted octanol–water partition coefficient (Wildman–Crippen LogP) is 3.04. The second-order valence-corrected chi connectivity index (χ2v) is 6.13. The number of rotatable bonds is 6. The lowest BCUT2D eigenvalue weighted by Crippen LogP contribution is -2.46. The molecule has 4 nitrogen and oxygen atoms in total. The highest BCUT2D eigenvalue weighted by molar-refractivity contribution is 5.94. The highest BCUT2D eigenvalue weighted by atomic mass is 35.5. The van der Waals surface area contributed by atoms with Crippen LogP contribution in [0.1, 0.15) is 26.2 Å². The second-order valence-electron chi connectivity index (χ2n) is 6.13. The minimum atomic E-state index is -0.753. The van der Waals surface area contributed by atoms with Gasteiger partial charge in [-0.3, -0.25) is 9.69 Å². The van der Waals surface area contributed by atoms with Crippen LogP contribution in [0.3, 0.4) is 0 Å². The van der Waals surface area contributed by atoms with Gasteiger partial charge in [0.05, 0.1) is 6.04 Å². The summed E-state index contributed by atoms with van der Waals surface area (Å²) in [5.74, 6) is -1.20. The van der Waals surface area contributed by atoms with Crippen LogP contribution in [0.2, 0.25) is 0 Å². The van der Waals surface area contributed by atoms with Gasteiger partial charge < -0.3 is 10.6 Å². The van der Waals surface area contributed by atoms with Crippen LogP contribution in [0.5, 0.6) is 0 Å². The zero-order chi connectivity index (χ0) is 16.8. The molecule has 0 spiro atoms. The van der Waals surface area contributed by atoms with E-state index in [1.165, 1.54) is 6.07 Å². The van der Waals surface area contributed by atoms with Crippen molar-refractivity contribution >= 4 is 24.0 Å². The van der Waals surface area contributed by atoms with Crippen LogP contribution in [0, 0.1) is 17.6 Å². The summed E-state index contributed by atoms with van der Waals surface area (Å²) in [4.78, 5) is 14.3. The van der Waals surface area contributed by atoms with Crippen molar-refractivity contribution in [1.82, 2.24) is 10.2 Å². The Balaban J connectivity index is 0.00000288. The van der Waals surface area contributed by atoms with Gasteiger partial charge >= 0.3 is 0 Å². The van der Waals surface area contributed by atoms with Crippen molar-refractivity contribution in [1.29, 1.82) is 0 Å². The van der Waals surface area contributed by atoms with E-state index < -0.39 is 17.7 Å². The molecule has 1 aromatic rings. The van der Waals surface area contributed by atoms with E-state index in [0.717, 1.165) is 51.0 Å². The number of anilines is 1. The van der Waals surface area contributed by atoms with Crippen LogP contribution in [0.15, 0.2) is 18.2 Å². The molecule has 0 bridgehead atoms. The third-order valence-electron chi connectivity index (χ3n) is 4.59. The molecule has 0 saturated carbocycles. The molecule has 1 saturated heterocycles. The van der Waals surface area contributed by atoms with Gasteiger partial charge in [0.1, 0.15) is 17.3 Å². The zero-order valence-electron chi connectivity index (χ0n) is 14.1. The average molecular weight is 362 g/mol. The molecule has 1 aliphatic heterocycles. The van der Waals surface area contributed by atoms with Gasteiger partial charge in [0.15, 0.2) is 0 Å². The normalized spacial score (nSPS) is 17.2. The first-order valence-electron chi connectivity index (χ1n) is 8.16. The summed E-state index contributed by atoms with van der Waals surface area (Å²) in [6, 6.07) is 3.15. The maximum absolute atomic E-state index is 13.6. The van der Waals surface area contributed by atoms with E-state index >= 15 is 0 Å². The Hall–Kier alpha value is -1.24. The minimum Gasteiger partial charge on any atom is -0.320 e. The van der Waals surface area contributed by atoms with Crippen LogP contribution in [0.4, 0.5) is 14.5 Å². The van der Waals surface area contributed by atoms with Crippen LogP contribution in [-0.4, -0.2) is 43.5 Å². The third kappa shape index (κ3) is 5.40. The molecule has 1 fully saturated rings. The Bertz CT molecular complexity index is 516. The van der Waals surface area contributed by atoms with E-state index in [4.69, 9.17) is 0 Å². The predicted molar refractivity (Wildman–Crippen MR) is 94.5 cm³/mol. The van der Waals surface area contributed by atoms with E-state index in [2.05, 4.69) is 15.5 Å². The molecule has 2 N–H and O–H groups in total. The number of halogens is 3. The monoisotopic (exact) mass is 361 g/mol. The standard InChI is InChI=1S/C17H25F2N3O.ClH/c1-12(22-10-7-13(8-11-22)6-9-20-2)17(23)21-16-14(18)4-3-5-15(16)19;/h3-5,12-13,20H,6-11H2,1-2H3,(H,21,23);1H. The van der Waals surface area contributed by atoms with E-state index in [9.17, 15) is 13.6 Å². The molecule has 1 aliphatic rings. The number of hydrogen-bond acceptors (Lipinski definition) is 3. The Kier molecular flexibility index (Phi) is 8.59. The Morgan fingerprint density at radius 2 is 1.88 bits per heavy atom. The molecule has 0 aliphatic carbocycles. The first kappa shape index (κ1) is 20.8. The lowest BCUT2D eigenvalue weighted by Gasteiger charge is -2.35. The van der Waals surface area contributed by atoms with Crippen LogP contribution in [-0.2, 0) is 4.79 Å². The van der Waals surface area contributed by atoms with Gasteiger partial charge in [-0.05, 0) is 70.9 Å². The van der Waals surface area contributed by atoms with Gasteiger partial charge in [-0.2, -0.15) is 0 Å². The van der Waals surface area contributed by atoms with Gasteiger partial charge in [-0.15, -0.1) is 12.4 Å². The minimum absolute atomic E-state index is 0. The quantitative estimate of drug-likeness (QED) is 0.818. The van der Waals surface area contributed by atoms with Crippen molar-refractivity contribution in [3.63, 3.8) is 0 Å². The number of likely N-dealkylation sites (tertiary alicyclic amines) is 1. The van der Waals surface area contributed by atoms with E-state index in [1.807, 2.05) is 7.05 Å². The van der Waals surface area contributed by atoms with Gasteiger partial charge in [0.2, 0.25) is 5.91 Å². The fraction of sp³-hybridized carbons (Fsp3) is 0.588. The summed E-state index contributed by atoms with van der Waals surface area (Å²) in [5, 5.41) is 5.54. The Morgan fingerprint density at radius 3 is 2.42 bits per heavy atom. The fourth-order valence-corrected chi connectivity index (χ4v) is 2.99. The lowest BCUT2D eigenvalue weighted by molar-refractivity contribution is -0.121. The van der Waals surface area contributed by atoms with Crippen molar-refractivity contribution in [2.45, 2.75) is 32.2 Å². The molecule has 1 atom stereocenters. The van der Waals surface area contributed by atoms with Gasteiger partial charge in [-0.1, -0.05) is 6.07 Å². The van der Waals surface area contributed by atoms with Crippen molar-refractivity contribution in [3.05, 3.63) is 29.8 Å². The number of para-hydroxylation sites is 1. The smallest absolute Gasteiger partial charge is 0.241 e. The van der Waals surface area contributed by atoms with Gasteiger partial charge in [-0.25, -0.2) is 8.78 Å². The number of carbonyl (C=O) groups excluding carboxylic acids is 1. The maximum atomic E-state index is 13.6. The summed E-state index contributed by atoms with van der Waals surface area (Å²) >= 11 is 0. The summed E-state index contributed by atoms with van der Waals surface area (Å²) in [6.45, 7) is 4.46. The van der Waals surface area contributed by atoms with Crippen molar-refractivity contribution in [2.75, 3.05) is 32.0 Å². The highest BCUT2D eigenvalue weighted by Crippen LogP contribution is 2.23. The molecular formula is C17H26ClF2N3O.